The minimum Gasteiger partial charge on any atom is -0.395 e. The number of hydrogen-bond donors (Lipinski definition) is 1. The smallest absolute Gasteiger partial charge is 0.181 e. The molecule has 19 heavy (non-hydrogen) atoms. The molecule has 0 spiro atoms. The first kappa shape index (κ1) is 16.4. The maximum Gasteiger partial charge on any atom is 0.181 e. The zero-order chi connectivity index (χ0) is 14.6. The third-order valence-electron chi connectivity index (χ3n) is 3.09. The van der Waals surface area contributed by atoms with Crippen LogP contribution in [0.3, 0.4) is 0 Å². The molecule has 0 aromatic heterocycles. The van der Waals surface area contributed by atoms with Gasteiger partial charge in [-0.1, -0.05) is 23.2 Å². The zero-order valence-corrected chi connectivity index (χ0v) is 12.9. The predicted molar refractivity (Wildman–Crippen MR) is 79.2 cm³/mol. The van der Waals surface area contributed by atoms with Gasteiger partial charge in [-0.2, -0.15) is 0 Å². The van der Waals surface area contributed by atoms with E-state index < -0.39 is 0 Å². The van der Waals surface area contributed by atoms with Crippen molar-refractivity contribution in [3.8, 4) is 0 Å². The molecule has 0 aliphatic heterocycles. The first-order valence-electron chi connectivity index (χ1n) is 6.24. The van der Waals surface area contributed by atoms with Crippen molar-refractivity contribution in [2.24, 2.45) is 0 Å². The Hall–Kier alpha value is -0.610. The van der Waals surface area contributed by atoms with Gasteiger partial charge in [0.15, 0.2) is 5.78 Å². The molecule has 0 fully saturated rings. The Labute approximate surface area is 124 Å². The van der Waals surface area contributed by atoms with E-state index in [-0.39, 0.29) is 24.5 Å². The van der Waals surface area contributed by atoms with E-state index in [1.807, 2.05) is 25.7 Å². The molecule has 0 radical (unpaired) electrons. The number of Topliss-reactive ketones (excluding diaryl/α,β-unsaturated/α-hetero) is 1. The fourth-order valence-electron chi connectivity index (χ4n) is 2.08. The van der Waals surface area contributed by atoms with Gasteiger partial charge in [0.1, 0.15) is 0 Å². The van der Waals surface area contributed by atoms with Gasteiger partial charge in [0.25, 0.3) is 0 Å². The van der Waals surface area contributed by atoms with Crippen LogP contribution in [0.1, 0.15) is 31.1 Å². The van der Waals surface area contributed by atoms with E-state index in [0.717, 1.165) is 0 Å². The van der Waals surface area contributed by atoms with E-state index in [1.54, 1.807) is 18.2 Å². The standard InChI is InChI=1S/C14H19Cl2NO2/c1-9(2)17(6-7-18)10(3)14(19)12-5-4-11(15)8-13(12)16/h4-5,8-10,18H,6-7H2,1-3H3. The van der Waals surface area contributed by atoms with Gasteiger partial charge in [0.05, 0.1) is 17.7 Å². The van der Waals surface area contributed by atoms with Gasteiger partial charge in [0.2, 0.25) is 0 Å². The van der Waals surface area contributed by atoms with Gasteiger partial charge in [-0.3, -0.25) is 9.69 Å². The summed E-state index contributed by atoms with van der Waals surface area (Å²) in [4.78, 5) is 14.4. The molecule has 0 amide bonds. The van der Waals surface area contributed by atoms with Crippen molar-refractivity contribution in [1.82, 2.24) is 4.90 Å². The van der Waals surface area contributed by atoms with Crippen LogP contribution in [0, 0.1) is 0 Å². The van der Waals surface area contributed by atoms with Crippen LogP contribution >= 0.6 is 23.2 Å². The van der Waals surface area contributed by atoms with E-state index in [9.17, 15) is 4.79 Å². The summed E-state index contributed by atoms with van der Waals surface area (Å²) in [7, 11) is 0. The second-order valence-electron chi connectivity index (χ2n) is 4.72. The summed E-state index contributed by atoms with van der Waals surface area (Å²) in [5.41, 5.74) is 0.460. The molecule has 0 heterocycles. The fraction of sp³-hybridized carbons (Fsp3) is 0.500. The summed E-state index contributed by atoms with van der Waals surface area (Å²) < 4.78 is 0. The Morgan fingerprint density at radius 3 is 2.42 bits per heavy atom. The van der Waals surface area contributed by atoms with Crippen LogP contribution in [0.2, 0.25) is 10.0 Å². The number of carbonyl (C=O) groups is 1. The average molecular weight is 304 g/mol. The lowest BCUT2D eigenvalue weighted by Gasteiger charge is -2.31. The number of hydrogen-bond acceptors (Lipinski definition) is 3. The Morgan fingerprint density at radius 2 is 1.95 bits per heavy atom. The summed E-state index contributed by atoms with van der Waals surface area (Å²) in [5.74, 6) is -0.0659. The summed E-state index contributed by atoms with van der Waals surface area (Å²) in [6.07, 6.45) is 0. The largest absolute Gasteiger partial charge is 0.395 e. The number of ketones is 1. The molecule has 0 bridgehead atoms. The third kappa shape index (κ3) is 4.18. The Morgan fingerprint density at radius 1 is 1.32 bits per heavy atom. The second kappa shape index (κ2) is 7.25. The summed E-state index contributed by atoms with van der Waals surface area (Å²) >= 11 is 11.9. The lowest BCUT2D eigenvalue weighted by atomic mass is 10.0. The number of aliphatic hydroxyl groups excluding tert-OH is 1. The molecular formula is C14H19Cl2NO2. The van der Waals surface area contributed by atoms with E-state index >= 15 is 0 Å². The highest BCUT2D eigenvalue weighted by Gasteiger charge is 2.25. The van der Waals surface area contributed by atoms with E-state index in [2.05, 4.69) is 0 Å². The van der Waals surface area contributed by atoms with Gasteiger partial charge in [-0.25, -0.2) is 0 Å². The van der Waals surface area contributed by atoms with E-state index in [4.69, 9.17) is 28.3 Å². The Kier molecular flexibility index (Phi) is 6.27. The molecule has 0 aliphatic rings. The van der Waals surface area contributed by atoms with Gasteiger partial charge in [-0.15, -0.1) is 0 Å². The zero-order valence-electron chi connectivity index (χ0n) is 11.4. The van der Waals surface area contributed by atoms with Crippen LogP contribution in [-0.2, 0) is 0 Å². The molecular weight excluding hydrogens is 285 g/mol. The quantitative estimate of drug-likeness (QED) is 0.820. The third-order valence-corrected chi connectivity index (χ3v) is 3.64. The Balaban J connectivity index is 2.97. The summed E-state index contributed by atoms with van der Waals surface area (Å²) in [5, 5.41) is 9.94. The molecule has 1 aromatic carbocycles. The maximum atomic E-state index is 12.4. The van der Waals surface area contributed by atoms with E-state index in [1.165, 1.54) is 0 Å². The molecule has 3 nitrogen and oxygen atoms in total. The van der Waals surface area contributed by atoms with Crippen molar-refractivity contribution in [3.05, 3.63) is 33.8 Å². The van der Waals surface area contributed by atoms with Crippen molar-refractivity contribution >= 4 is 29.0 Å². The molecule has 5 heteroatoms. The normalized spacial score (nSPS) is 13.1. The van der Waals surface area contributed by atoms with Gasteiger partial charge >= 0.3 is 0 Å². The topological polar surface area (TPSA) is 40.5 Å². The van der Waals surface area contributed by atoms with Crippen LogP contribution in [0.5, 0.6) is 0 Å². The van der Waals surface area contributed by atoms with Crippen molar-refractivity contribution < 1.29 is 9.90 Å². The fourth-order valence-corrected chi connectivity index (χ4v) is 2.58. The van der Waals surface area contributed by atoms with Crippen LogP contribution in [0.25, 0.3) is 0 Å². The van der Waals surface area contributed by atoms with Crippen molar-refractivity contribution in [2.45, 2.75) is 32.9 Å². The van der Waals surface area contributed by atoms with E-state index in [0.29, 0.717) is 22.2 Å². The van der Waals surface area contributed by atoms with Gasteiger partial charge in [-0.05, 0) is 39.0 Å². The summed E-state index contributed by atoms with van der Waals surface area (Å²) in [6.45, 7) is 6.27. The minimum atomic E-state index is -0.342. The van der Waals surface area contributed by atoms with Crippen molar-refractivity contribution in [3.63, 3.8) is 0 Å². The highest BCUT2D eigenvalue weighted by Crippen LogP contribution is 2.23. The molecule has 1 rings (SSSR count). The highest BCUT2D eigenvalue weighted by molar-refractivity contribution is 6.37. The number of benzene rings is 1. The monoisotopic (exact) mass is 303 g/mol. The number of aliphatic hydroxyl groups is 1. The van der Waals surface area contributed by atoms with Crippen molar-refractivity contribution in [1.29, 1.82) is 0 Å². The number of carbonyl (C=O) groups excluding carboxylic acids is 1. The average Bonchev–Trinajstić information content (AvgIpc) is 2.34. The highest BCUT2D eigenvalue weighted by atomic mass is 35.5. The minimum absolute atomic E-state index is 0.0180. The first-order valence-corrected chi connectivity index (χ1v) is 7.00. The van der Waals surface area contributed by atoms with Gasteiger partial charge < -0.3 is 5.11 Å². The molecule has 1 aromatic rings. The van der Waals surface area contributed by atoms with Crippen molar-refractivity contribution in [2.75, 3.05) is 13.2 Å². The molecule has 0 aliphatic carbocycles. The molecule has 1 atom stereocenters. The molecule has 0 saturated carbocycles. The van der Waals surface area contributed by atoms with Crippen LogP contribution < -0.4 is 0 Å². The van der Waals surface area contributed by atoms with Crippen LogP contribution in [-0.4, -0.2) is 41.0 Å². The SMILES string of the molecule is CC(C)N(CCO)C(C)C(=O)c1ccc(Cl)cc1Cl. The Bertz CT molecular complexity index is 449. The lowest BCUT2D eigenvalue weighted by molar-refractivity contribution is 0.0743. The maximum absolute atomic E-state index is 12.4. The molecule has 1 unspecified atom stereocenters. The first-order chi connectivity index (χ1) is 8.88. The molecule has 0 saturated heterocycles. The van der Waals surface area contributed by atoms with Gasteiger partial charge in [0, 0.05) is 23.2 Å². The van der Waals surface area contributed by atoms with Crippen LogP contribution in [0.15, 0.2) is 18.2 Å². The predicted octanol–water partition coefficient (Wildman–Crippen LogP) is 3.27. The number of halogens is 2. The molecule has 1 N–H and O–H groups in total. The number of rotatable bonds is 6. The molecule has 106 valence electrons. The van der Waals surface area contributed by atoms with Crippen LogP contribution in [0.4, 0.5) is 0 Å². The number of nitrogens with zero attached hydrogens (tertiary/aromatic N) is 1. The second-order valence-corrected chi connectivity index (χ2v) is 5.56. The summed E-state index contributed by atoms with van der Waals surface area (Å²) in [6, 6.07) is 4.68. The lowest BCUT2D eigenvalue weighted by Crippen LogP contribution is -2.45.